The zero-order chi connectivity index (χ0) is 14.7. The van der Waals surface area contributed by atoms with E-state index in [1.807, 2.05) is 19.2 Å². The predicted molar refractivity (Wildman–Crippen MR) is 87.1 cm³/mol. The molecule has 3 N–H and O–H groups in total. The molecule has 1 aliphatic heterocycles. The molecule has 4 nitrogen and oxygen atoms in total. The maximum Gasteiger partial charge on any atom is 0.149 e. The molecule has 1 saturated heterocycles. The van der Waals surface area contributed by atoms with Crippen molar-refractivity contribution >= 4 is 11.5 Å². The third kappa shape index (κ3) is 3.52. The van der Waals surface area contributed by atoms with Gasteiger partial charge in [-0.05, 0) is 30.5 Å². The molecule has 1 fully saturated rings. The van der Waals surface area contributed by atoms with Crippen LogP contribution in [-0.2, 0) is 6.54 Å². The first-order chi connectivity index (χ1) is 10.2. The minimum atomic E-state index is 0.422. The maximum absolute atomic E-state index is 6.02. The first kappa shape index (κ1) is 13.9. The van der Waals surface area contributed by atoms with E-state index in [1.54, 1.807) is 0 Å². The zero-order valence-electron chi connectivity index (χ0n) is 12.4. The van der Waals surface area contributed by atoms with Crippen LogP contribution < -0.4 is 11.1 Å². The second-order valence-corrected chi connectivity index (χ2v) is 5.80. The smallest absolute Gasteiger partial charge is 0.149 e. The largest absolute Gasteiger partial charge is 0.396 e. The standard InChI is InChI=1S/C17H22N4/c1-13-9-16(18)17(19-10-13)20-15-7-8-21(12-15)11-14-5-3-2-4-6-14/h2-6,9-10,15H,7-8,11-12,18H2,1H3,(H,19,20). The SMILES string of the molecule is Cc1cnc(NC2CCN(Cc3ccccc3)C2)c(N)c1. The van der Waals surface area contributed by atoms with Gasteiger partial charge in [-0.25, -0.2) is 4.98 Å². The van der Waals surface area contributed by atoms with Crippen molar-refractivity contribution in [2.75, 3.05) is 24.1 Å². The number of likely N-dealkylation sites (tertiary alicyclic amines) is 1. The second-order valence-electron chi connectivity index (χ2n) is 5.80. The van der Waals surface area contributed by atoms with Crippen molar-refractivity contribution < 1.29 is 0 Å². The van der Waals surface area contributed by atoms with Gasteiger partial charge in [0.1, 0.15) is 5.82 Å². The molecule has 1 atom stereocenters. The summed E-state index contributed by atoms with van der Waals surface area (Å²) in [5, 5.41) is 3.47. The molecular weight excluding hydrogens is 260 g/mol. The highest BCUT2D eigenvalue weighted by molar-refractivity contribution is 5.62. The van der Waals surface area contributed by atoms with Crippen LogP contribution in [0.1, 0.15) is 17.5 Å². The Morgan fingerprint density at radius 1 is 1.33 bits per heavy atom. The van der Waals surface area contributed by atoms with Gasteiger partial charge in [-0.2, -0.15) is 0 Å². The first-order valence-corrected chi connectivity index (χ1v) is 7.45. The van der Waals surface area contributed by atoms with Crippen molar-refractivity contribution in [1.82, 2.24) is 9.88 Å². The predicted octanol–water partition coefficient (Wildman–Crippen LogP) is 2.66. The molecule has 0 aliphatic carbocycles. The molecule has 2 aromatic rings. The molecule has 110 valence electrons. The molecule has 4 heteroatoms. The first-order valence-electron chi connectivity index (χ1n) is 7.45. The van der Waals surface area contributed by atoms with Gasteiger partial charge in [-0.15, -0.1) is 0 Å². The lowest BCUT2D eigenvalue weighted by Gasteiger charge is -2.18. The van der Waals surface area contributed by atoms with Crippen molar-refractivity contribution in [3.8, 4) is 0 Å². The number of aromatic nitrogens is 1. The van der Waals surface area contributed by atoms with Crippen LogP contribution >= 0.6 is 0 Å². The van der Waals surface area contributed by atoms with Crippen molar-refractivity contribution in [3.63, 3.8) is 0 Å². The number of hydrogen-bond donors (Lipinski definition) is 2. The Labute approximate surface area is 126 Å². The summed E-state index contributed by atoms with van der Waals surface area (Å²) in [6.45, 7) is 5.16. The molecule has 0 bridgehead atoms. The molecule has 1 aromatic carbocycles. The van der Waals surface area contributed by atoms with E-state index in [4.69, 9.17) is 5.73 Å². The van der Waals surface area contributed by atoms with Crippen LogP contribution in [0.4, 0.5) is 11.5 Å². The van der Waals surface area contributed by atoms with Crippen molar-refractivity contribution in [3.05, 3.63) is 53.7 Å². The second kappa shape index (κ2) is 6.14. The highest BCUT2D eigenvalue weighted by atomic mass is 15.2. The number of benzene rings is 1. The number of rotatable bonds is 4. The van der Waals surface area contributed by atoms with E-state index >= 15 is 0 Å². The Morgan fingerprint density at radius 2 is 2.14 bits per heavy atom. The summed E-state index contributed by atoms with van der Waals surface area (Å²) in [5.74, 6) is 0.812. The van der Waals surface area contributed by atoms with E-state index in [1.165, 1.54) is 5.56 Å². The van der Waals surface area contributed by atoms with Gasteiger partial charge in [0.15, 0.2) is 0 Å². The molecule has 1 aliphatic rings. The van der Waals surface area contributed by atoms with Crippen LogP contribution in [0.2, 0.25) is 0 Å². The number of hydrogen-bond acceptors (Lipinski definition) is 4. The third-order valence-corrected chi connectivity index (χ3v) is 3.92. The molecule has 1 unspecified atom stereocenters. The number of aryl methyl sites for hydroxylation is 1. The van der Waals surface area contributed by atoms with Gasteiger partial charge >= 0.3 is 0 Å². The molecule has 0 spiro atoms. The van der Waals surface area contributed by atoms with Crippen molar-refractivity contribution in [2.24, 2.45) is 0 Å². The van der Waals surface area contributed by atoms with E-state index in [0.717, 1.165) is 43.1 Å². The Balaban J connectivity index is 1.57. The monoisotopic (exact) mass is 282 g/mol. The average molecular weight is 282 g/mol. The highest BCUT2D eigenvalue weighted by Crippen LogP contribution is 2.21. The highest BCUT2D eigenvalue weighted by Gasteiger charge is 2.23. The normalized spacial score (nSPS) is 18.8. The number of nitrogens with zero attached hydrogens (tertiary/aromatic N) is 2. The number of pyridine rings is 1. The quantitative estimate of drug-likeness (QED) is 0.905. The minimum absolute atomic E-state index is 0.422. The Kier molecular flexibility index (Phi) is 4.06. The van der Waals surface area contributed by atoms with Crippen LogP contribution in [0.5, 0.6) is 0 Å². The van der Waals surface area contributed by atoms with Gasteiger partial charge in [0.2, 0.25) is 0 Å². The topological polar surface area (TPSA) is 54.2 Å². The Bertz CT molecular complexity index is 597. The van der Waals surface area contributed by atoms with Gasteiger partial charge in [0, 0.05) is 31.9 Å². The van der Waals surface area contributed by atoms with Gasteiger partial charge in [-0.3, -0.25) is 4.90 Å². The molecule has 0 saturated carbocycles. The molecule has 1 aromatic heterocycles. The van der Waals surface area contributed by atoms with Crippen LogP contribution in [0.15, 0.2) is 42.6 Å². The number of nitrogens with two attached hydrogens (primary N) is 1. The van der Waals surface area contributed by atoms with Crippen molar-refractivity contribution in [2.45, 2.75) is 25.9 Å². The minimum Gasteiger partial charge on any atom is -0.396 e. The fraction of sp³-hybridized carbons (Fsp3) is 0.353. The molecule has 0 radical (unpaired) electrons. The maximum atomic E-state index is 6.02. The summed E-state index contributed by atoms with van der Waals surface area (Å²) < 4.78 is 0. The number of anilines is 2. The summed E-state index contributed by atoms with van der Waals surface area (Å²) in [4.78, 5) is 6.87. The Hall–Kier alpha value is -2.07. The average Bonchev–Trinajstić information content (AvgIpc) is 2.90. The summed E-state index contributed by atoms with van der Waals surface area (Å²) in [6, 6.07) is 13.0. The summed E-state index contributed by atoms with van der Waals surface area (Å²) >= 11 is 0. The Morgan fingerprint density at radius 3 is 2.90 bits per heavy atom. The zero-order valence-corrected chi connectivity index (χ0v) is 12.4. The fourth-order valence-electron chi connectivity index (χ4n) is 2.84. The van der Waals surface area contributed by atoms with Gasteiger partial charge in [0.25, 0.3) is 0 Å². The summed E-state index contributed by atoms with van der Waals surface area (Å²) in [5.41, 5.74) is 9.21. The molecule has 21 heavy (non-hydrogen) atoms. The van der Waals surface area contributed by atoms with E-state index < -0.39 is 0 Å². The van der Waals surface area contributed by atoms with Crippen LogP contribution in [0.3, 0.4) is 0 Å². The van der Waals surface area contributed by atoms with Gasteiger partial charge in [-0.1, -0.05) is 30.3 Å². The van der Waals surface area contributed by atoms with E-state index in [-0.39, 0.29) is 0 Å². The van der Waals surface area contributed by atoms with E-state index in [0.29, 0.717) is 6.04 Å². The van der Waals surface area contributed by atoms with Crippen LogP contribution in [0, 0.1) is 6.92 Å². The molecule has 3 rings (SSSR count). The number of nitrogens with one attached hydrogen (secondary N) is 1. The van der Waals surface area contributed by atoms with Crippen molar-refractivity contribution in [1.29, 1.82) is 0 Å². The van der Waals surface area contributed by atoms with Crippen LogP contribution in [-0.4, -0.2) is 29.0 Å². The fourth-order valence-corrected chi connectivity index (χ4v) is 2.84. The molecule has 2 heterocycles. The lowest BCUT2D eigenvalue weighted by atomic mass is 10.2. The van der Waals surface area contributed by atoms with E-state index in [9.17, 15) is 0 Å². The van der Waals surface area contributed by atoms with Gasteiger partial charge < -0.3 is 11.1 Å². The van der Waals surface area contributed by atoms with Gasteiger partial charge in [0.05, 0.1) is 5.69 Å². The van der Waals surface area contributed by atoms with Crippen LogP contribution in [0.25, 0.3) is 0 Å². The molecule has 0 amide bonds. The third-order valence-electron chi connectivity index (χ3n) is 3.92. The number of nitrogen functional groups attached to an aromatic ring is 1. The lowest BCUT2D eigenvalue weighted by Crippen LogP contribution is -2.26. The summed E-state index contributed by atoms with van der Waals surface area (Å²) in [7, 11) is 0. The lowest BCUT2D eigenvalue weighted by molar-refractivity contribution is 0.328. The molecular formula is C17H22N4. The summed E-state index contributed by atoms with van der Waals surface area (Å²) in [6.07, 6.45) is 2.98. The van der Waals surface area contributed by atoms with E-state index in [2.05, 4.69) is 45.5 Å².